The zero-order valence-electron chi connectivity index (χ0n) is 14.1. The molecule has 26 heavy (non-hydrogen) atoms. The lowest BCUT2D eigenvalue weighted by atomic mass is 10.1. The molecule has 138 valence electrons. The molecule has 0 unspecified atom stereocenters. The number of amides is 2. The summed E-state index contributed by atoms with van der Waals surface area (Å²) < 4.78 is 41.8. The first-order valence-corrected chi connectivity index (χ1v) is 7.64. The summed E-state index contributed by atoms with van der Waals surface area (Å²) in [6.45, 7) is 1.66. The van der Waals surface area contributed by atoms with Crippen molar-refractivity contribution in [2.24, 2.45) is 0 Å². The smallest absolute Gasteiger partial charge is 0.422 e. The number of anilines is 2. The van der Waals surface area contributed by atoms with Gasteiger partial charge in [0.05, 0.1) is 5.69 Å². The van der Waals surface area contributed by atoms with E-state index in [1.54, 1.807) is 25.1 Å². The minimum absolute atomic E-state index is 0.0904. The Morgan fingerprint density at radius 1 is 1.04 bits per heavy atom. The lowest BCUT2D eigenvalue weighted by Crippen LogP contribution is -2.20. The van der Waals surface area contributed by atoms with Gasteiger partial charge in [0.2, 0.25) is 5.91 Å². The van der Waals surface area contributed by atoms with Crippen LogP contribution in [0.25, 0.3) is 0 Å². The van der Waals surface area contributed by atoms with Crippen LogP contribution in [0.4, 0.5) is 24.5 Å². The van der Waals surface area contributed by atoms with Crippen LogP contribution < -0.4 is 15.4 Å². The fourth-order valence-corrected chi connectivity index (χ4v) is 2.14. The molecule has 0 aliphatic carbocycles. The number of carbonyl (C=O) groups is 2. The molecule has 0 heterocycles. The normalized spacial score (nSPS) is 11.0. The van der Waals surface area contributed by atoms with Gasteiger partial charge in [-0.05, 0) is 36.8 Å². The Hall–Kier alpha value is -3.03. The molecule has 0 saturated carbocycles. The highest BCUT2D eigenvalue weighted by Crippen LogP contribution is 2.27. The van der Waals surface area contributed by atoms with Gasteiger partial charge in [-0.3, -0.25) is 9.59 Å². The topological polar surface area (TPSA) is 67.4 Å². The van der Waals surface area contributed by atoms with E-state index in [9.17, 15) is 22.8 Å². The molecule has 0 aliphatic heterocycles. The molecule has 0 atom stereocenters. The van der Waals surface area contributed by atoms with Crippen LogP contribution in [0, 0.1) is 6.92 Å². The van der Waals surface area contributed by atoms with E-state index in [1.807, 2.05) is 0 Å². The van der Waals surface area contributed by atoms with Crippen molar-refractivity contribution in [3.8, 4) is 5.75 Å². The van der Waals surface area contributed by atoms with Gasteiger partial charge in [0.25, 0.3) is 5.91 Å². The van der Waals surface area contributed by atoms with Crippen LogP contribution in [0.3, 0.4) is 0 Å². The van der Waals surface area contributed by atoms with E-state index >= 15 is 0 Å². The molecule has 0 aromatic heterocycles. The Morgan fingerprint density at radius 3 is 2.38 bits per heavy atom. The van der Waals surface area contributed by atoms with Crippen molar-refractivity contribution >= 4 is 23.2 Å². The average molecular weight is 366 g/mol. The second-order valence-electron chi connectivity index (χ2n) is 5.57. The first-order chi connectivity index (χ1) is 12.2. The van der Waals surface area contributed by atoms with Crippen LogP contribution in [0.2, 0.25) is 0 Å². The number of halogens is 3. The van der Waals surface area contributed by atoms with Crippen LogP contribution in [0.15, 0.2) is 42.5 Å². The number of alkyl halides is 3. The predicted octanol–water partition coefficient (Wildman–Crippen LogP) is 4.15. The number of aryl methyl sites for hydroxylation is 1. The van der Waals surface area contributed by atoms with Crippen molar-refractivity contribution in [3.05, 3.63) is 53.6 Å². The number of ether oxygens (including phenoxy) is 1. The van der Waals surface area contributed by atoms with E-state index < -0.39 is 18.7 Å². The molecule has 0 radical (unpaired) electrons. The van der Waals surface area contributed by atoms with E-state index in [0.717, 1.165) is 5.56 Å². The second-order valence-corrected chi connectivity index (χ2v) is 5.57. The SMILES string of the molecule is CC(=O)Nc1cc(C(=O)Nc2ccccc2OCC(F)(F)F)ccc1C. The highest BCUT2D eigenvalue weighted by Gasteiger charge is 2.29. The summed E-state index contributed by atoms with van der Waals surface area (Å²) in [6, 6.07) is 10.5. The quantitative estimate of drug-likeness (QED) is 0.835. The summed E-state index contributed by atoms with van der Waals surface area (Å²) in [5, 5.41) is 5.13. The number of hydrogen-bond acceptors (Lipinski definition) is 3. The molecule has 0 bridgehead atoms. The van der Waals surface area contributed by atoms with Gasteiger partial charge in [0.1, 0.15) is 5.75 Å². The van der Waals surface area contributed by atoms with Gasteiger partial charge in [0.15, 0.2) is 6.61 Å². The molecular formula is C18H17F3N2O3. The van der Waals surface area contributed by atoms with Crippen LogP contribution in [0.1, 0.15) is 22.8 Å². The fourth-order valence-electron chi connectivity index (χ4n) is 2.14. The summed E-state index contributed by atoms with van der Waals surface area (Å²) in [6.07, 6.45) is -4.48. The van der Waals surface area contributed by atoms with Gasteiger partial charge < -0.3 is 15.4 Å². The summed E-state index contributed by atoms with van der Waals surface area (Å²) in [4.78, 5) is 23.6. The molecular weight excluding hydrogens is 349 g/mol. The first-order valence-electron chi connectivity index (χ1n) is 7.64. The minimum Gasteiger partial charge on any atom is -0.482 e. The van der Waals surface area contributed by atoms with E-state index in [-0.39, 0.29) is 22.9 Å². The van der Waals surface area contributed by atoms with E-state index in [1.165, 1.54) is 31.2 Å². The van der Waals surface area contributed by atoms with Gasteiger partial charge in [-0.1, -0.05) is 18.2 Å². The maximum atomic E-state index is 12.4. The summed E-state index contributed by atoms with van der Waals surface area (Å²) >= 11 is 0. The minimum atomic E-state index is -4.48. The van der Waals surface area contributed by atoms with Gasteiger partial charge in [-0.15, -0.1) is 0 Å². The number of hydrogen-bond donors (Lipinski definition) is 2. The molecule has 5 nitrogen and oxygen atoms in total. The third-order valence-electron chi connectivity index (χ3n) is 3.34. The molecule has 2 rings (SSSR count). The van der Waals surface area contributed by atoms with Crippen molar-refractivity contribution in [2.75, 3.05) is 17.2 Å². The summed E-state index contributed by atoms with van der Waals surface area (Å²) in [7, 11) is 0. The van der Waals surface area contributed by atoms with Gasteiger partial charge in [0, 0.05) is 18.2 Å². The third-order valence-corrected chi connectivity index (χ3v) is 3.34. The van der Waals surface area contributed by atoms with Crippen LogP contribution in [0.5, 0.6) is 5.75 Å². The fraction of sp³-hybridized carbons (Fsp3) is 0.222. The monoisotopic (exact) mass is 366 g/mol. The zero-order valence-corrected chi connectivity index (χ0v) is 14.1. The number of para-hydroxylation sites is 2. The predicted molar refractivity (Wildman–Crippen MR) is 91.4 cm³/mol. The number of nitrogens with one attached hydrogen (secondary N) is 2. The Labute approximate surface area is 148 Å². The highest BCUT2D eigenvalue weighted by molar-refractivity contribution is 6.06. The Balaban J connectivity index is 2.19. The molecule has 2 aromatic carbocycles. The van der Waals surface area contributed by atoms with Gasteiger partial charge in [-0.2, -0.15) is 13.2 Å². The molecule has 2 N–H and O–H groups in total. The highest BCUT2D eigenvalue weighted by atomic mass is 19.4. The van der Waals surface area contributed by atoms with Crippen LogP contribution in [-0.2, 0) is 4.79 Å². The van der Waals surface area contributed by atoms with Crippen molar-refractivity contribution in [3.63, 3.8) is 0 Å². The van der Waals surface area contributed by atoms with E-state index in [4.69, 9.17) is 4.74 Å². The van der Waals surface area contributed by atoms with Crippen molar-refractivity contribution in [1.82, 2.24) is 0 Å². The second kappa shape index (κ2) is 7.90. The lowest BCUT2D eigenvalue weighted by Gasteiger charge is -2.14. The maximum absolute atomic E-state index is 12.4. The lowest BCUT2D eigenvalue weighted by molar-refractivity contribution is -0.153. The van der Waals surface area contributed by atoms with Crippen LogP contribution >= 0.6 is 0 Å². The zero-order chi connectivity index (χ0) is 19.3. The largest absolute Gasteiger partial charge is 0.482 e. The van der Waals surface area contributed by atoms with E-state index in [0.29, 0.717) is 5.69 Å². The van der Waals surface area contributed by atoms with Crippen molar-refractivity contribution < 1.29 is 27.5 Å². The van der Waals surface area contributed by atoms with Gasteiger partial charge >= 0.3 is 6.18 Å². The summed E-state index contributed by atoms with van der Waals surface area (Å²) in [5.74, 6) is -0.913. The van der Waals surface area contributed by atoms with Gasteiger partial charge in [-0.25, -0.2) is 0 Å². The number of carbonyl (C=O) groups excluding carboxylic acids is 2. The molecule has 2 amide bonds. The molecule has 0 aliphatic rings. The average Bonchev–Trinajstić information content (AvgIpc) is 2.55. The first kappa shape index (κ1) is 19.3. The third kappa shape index (κ3) is 5.51. The molecule has 8 heteroatoms. The number of benzene rings is 2. The molecule has 0 spiro atoms. The standard InChI is InChI=1S/C18H17F3N2O3/c1-11-7-8-13(9-15(11)22-12(2)24)17(25)23-14-5-3-4-6-16(14)26-10-18(19,20)21/h3-9H,10H2,1-2H3,(H,22,24)(H,23,25). The van der Waals surface area contributed by atoms with Crippen molar-refractivity contribution in [1.29, 1.82) is 0 Å². The van der Waals surface area contributed by atoms with Crippen LogP contribution in [-0.4, -0.2) is 24.6 Å². The van der Waals surface area contributed by atoms with E-state index in [2.05, 4.69) is 10.6 Å². The Bertz CT molecular complexity index is 820. The Kier molecular flexibility index (Phi) is 5.86. The maximum Gasteiger partial charge on any atom is 0.422 e. The molecule has 2 aromatic rings. The Morgan fingerprint density at radius 2 is 1.73 bits per heavy atom. The summed E-state index contributed by atoms with van der Waals surface area (Å²) in [5.41, 5.74) is 1.60. The molecule has 0 fully saturated rings. The van der Waals surface area contributed by atoms with Crippen molar-refractivity contribution in [2.45, 2.75) is 20.0 Å². The molecule has 0 saturated heterocycles. The number of rotatable bonds is 5.